The van der Waals surface area contributed by atoms with Crippen LogP contribution in [0.25, 0.3) is 0 Å². The molecule has 94 valence electrons. The van der Waals surface area contributed by atoms with E-state index < -0.39 is 22.5 Å². The normalized spacial score (nSPS) is 11.2. The highest BCUT2D eigenvalue weighted by Gasteiger charge is 2.17. The Hall–Kier alpha value is -1.44. The van der Waals surface area contributed by atoms with Crippen molar-refractivity contribution in [3.8, 4) is 0 Å². The molecule has 0 spiro atoms. The predicted molar refractivity (Wildman–Crippen MR) is 61.0 cm³/mol. The smallest absolute Gasteiger partial charge is 0.258 e. The number of carbonyl (C=O) groups is 1. The predicted octanol–water partition coefficient (Wildman–Crippen LogP) is 0.0871. The third-order valence-corrected chi connectivity index (χ3v) is 3.73. The van der Waals surface area contributed by atoms with Gasteiger partial charge in [-0.2, -0.15) is 0 Å². The lowest BCUT2D eigenvalue weighted by molar-refractivity contribution is -0.127. The molecule has 1 aromatic carbocycles. The Balaban J connectivity index is 2.94. The summed E-state index contributed by atoms with van der Waals surface area (Å²) in [5.74, 6) is -0.821. The Morgan fingerprint density at radius 3 is 2.53 bits per heavy atom. The number of sulfonamides is 1. The fourth-order valence-electron chi connectivity index (χ4n) is 1.38. The van der Waals surface area contributed by atoms with Crippen molar-refractivity contribution >= 4 is 15.9 Å². The van der Waals surface area contributed by atoms with Gasteiger partial charge in [0.25, 0.3) is 5.91 Å². The first-order valence-corrected chi connectivity index (χ1v) is 6.35. The highest BCUT2D eigenvalue weighted by Crippen LogP contribution is 2.15. The minimum absolute atomic E-state index is 0.119. The van der Waals surface area contributed by atoms with Crippen LogP contribution in [0.1, 0.15) is 11.1 Å². The van der Waals surface area contributed by atoms with Gasteiger partial charge < -0.3 is 0 Å². The summed E-state index contributed by atoms with van der Waals surface area (Å²) in [5, 5.41) is 8.26. The van der Waals surface area contributed by atoms with E-state index in [0.717, 1.165) is 5.56 Å². The minimum atomic E-state index is -3.73. The highest BCUT2D eigenvalue weighted by molar-refractivity contribution is 7.89. The molecule has 17 heavy (non-hydrogen) atoms. The number of carbonyl (C=O) groups excluding carboxylic acids is 1. The second-order valence-electron chi connectivity index (χ2n) is 3.63. The molecule has 0 fully saturated rings. The summed E-state index contributed by atoms with van der Waals surface area (Å²) < 4.78 is 25.7. The number of amides is 1. The number of hydrogen-bond acceptors (Lipinski definition) is 4. The van der Waals surface area contributed by atoms with Gasteiger partial charge in [0.05, 0.1) is 11.4 Å². The Morgan fingerprint density at radius 1 is 1.35 bits per heavy atom. The van der Waals surface area contributed by atoms with Crippen molar-refractivity contribution in [3.63, 3.8) is 0 Å². The molecule has 0 heterocycles. The van der Waals surface area contributed by atoms with Crippen LogP contribution in [0.15, 0.2) is 23.1 Å². The van der Waals surface area contributed by atoms with E-state index in [9.17, 15) is 13.2 Å². The van der Waals surface area contributed by atoms with Crippen molar-refractivity contribution in [2.45, 2.75) is 18.7 Å². The van der Waals surface area contributed by atoms with Gasteiger partial charge in [-0.05, 0) is 25.5 Å². The molecular weight excluding hydrogens is 244 g/mol. The van der Waals surface area contributed by atoms with Crippen LogP contribution in [0, 0.1) is 13.8 Å². The largest absolute Gasteiger partial charge is 0.289 e. The molecule has 3 N–H and O–H groups in total. The van der Waals surface area contributed by atoms with Gasteiger partial charge >= 0.3 is 0 Å². The SMILES string of the molecule is Cc1ccc(S(=O)(=O)NCC(=O)NO)c(C)c1. The first-order chi connectivity index (χ1) is 7.86. The van der Waals surface area contributed by atoms with Gasteiger partial charge in [-0.15, -0.1) is 0 Å². The van der Waals surface area contributed by atoms with E-state index in [1.54, 1.807) is 19.1 Å². The van der Waals surface area contributed by atoms with Crippen molar-refractivity contribution in [2.75, 3.05) is 6.54 Å². The van der Waals surface area contributed by atoms with Gasteiger partial charge in [-0.25, -0.2) is 18.6 Å². The minimum Gasteiger partial charge on any atom is -0.289 e. The molecule has 0 aromatic heterocycles. The first kappa shape index (κ1) is 13.6. The summed E-state index contributed by atoms with van der Waals surface area (Å²) in [6.45, 7) is 3.02. The zero-order valence-corrected chi connectivity index (χ0v) is 10.3. The van der Waals surface area contributed by atoms with Crippen LogP contribution in [-0.2, 0) is 14.8 Å². The number of nitrogens with one attached hydrogen (secondary N) is 2. The van der Waals surface area contributed by atoms with E-state index in [-0.39, 0.29) is 4.90 Å². The van der Waals surface area contributed by atoms with E-state index in [1.165, 1.54) is 11.5 Å². The van der Waals surface area contributed by atoms with Crippen molar-refractivity contribution in [1.29, 1.82) is 0 Å². The van der Waals surface area contributed by atoms with Crippen molar-refractivity contribution in [1.82, 2.24) is 10.2 Å². The van der Waals surface area contributed by atoms with Crippen molar-refractivity contribution in [2.24, 2.45) is 0 Å². The molecule has 0 bridgehead atoms. The van der Waals surface area contributed by atoms with E-state index >= 15 is 0 Å². The average Bonchev–Trinajstić information content (AvgIpc) is 2.25. The third kappa shape index (κ3) is 3.52. The fraction of sp³-hybridized carbons (Fsp3) is 0.300. The Kier molecular flexibility index (Phi) is 4.22. The molecule has 6 nitrogen and oxygen atoms in total. The number of hydrogen-bond donors (Lipinski definition) is 3. The van der Waals surface area contributed by atoms with Gasteiger partial charge in [-0.3, -0.25) is 10.0 Å². The highest BCUT2D eigenvalue weighted by atomic mass is 32.2. The zero-order chi connectivity index (χ0) is 13.1. The van der Waals surface area contributed by atoms with Crippen molar-refractivity contribution < 1.29 is 18.4 Å². The van der Waals surface area contributed by atoms with E-state index in [2.05, 4.69) is 4.72 Å². The van der Waals surface area contributed by atoms with Gasteiger partial charge in [0.2, 0.25) is 10.0 Å². The van der Waals surface area contributed by atoms with Gasteiger partial charge in [0, 0.05) is 0 Å². The Morgan fingerprint density at radius 2 is 2.00 bits per heavy atom. The molecule has 1 aromatic rings. The molecule has 0 aliphatic carbocycles. The van der Waals surface area contributed by atoms with Gasteiger partial charge in [0.15, 0.2) is 0 Å². The molecule has 0 radical (unpaired) electrons. The summed E-state index contributed by atoms with van der Waals surface area (Å²) in [4.78, 5) is 10.9. The summed E-state index contributed by atoms with van der Waals surface area (Å²) in [6.07, 6.45) is 0. The standard InChI is InChI=1S/C10H14N2O4S/c1-7-3-4-9(8(2)5-7)17(15,16)11-6-10(13)12-14/h3-5,11,14H,6H2,1-2H3,(H,12,13). The molecule has 0 atom stereocenters. The lowest BCUT2D eigenvalue weighted by atomic mass is 10.2. The average molecular weight is 258 g/mol. The fourth-order valence-corrected chi connectivity index (χ4v) is 2.59. The zero-order valence-electron chi connectivity index (χ0n) is 9.52. The van der Waals surface area contributed by atoms with Crippen LogP contribution in [-0.4, -0.2) is 26.1 Å². The number of rotatable bonds is 4. The van der Waals surface area contributed by atoms with Crippen LogP contribution < -0.4 is 10.2 Å². The third-order valence-electron chi connectivity index (χ3n) is 2.17. The van der Waals surface area contributed by atoms with Gasteiger partial charge in [0.1, 0.15) is 0 Å². The lowest BCUT2D eigenvalue weighted by Gasteiger charge is -2.09. The molecule has 7 heteroatoms. The molecule has 0 aliphatic rings. The summed E-state index contributed by atoms with van der Waals surface area (Å²) in [5.41, 5.74) is 2.90. The van der Waals surface area contributed by atoms with E-state index in [4.69, 9.17) is 5.21 Å². The maximum atomic E-state index is 11.8. The maximum Gasteiger partial charge on any atom is 0.258 e. The Labute approximate surface area is 99.7 Å². The molecule has 0 saturated carbocycles. The summed E-state index contributed by atoms with van der Waals surface area (Å²) >= 11 is 0. The summed E-state index contributed by atoms with van der Waals surface area (Å²) in [6, 6.07) is 4.89. The maximum absolute atomic E-state index is 11.8. The number of hydroxylamine groups is 1. The van der Waals surface area contributed by atoms with Crippen LogP contribution in [0.3, 0.4) is 0 Å². The molecule has 0 saturated heterocycles. The lowest BCUT2D eigenvalue weighted by Crippen LogP contribution is -2.35. The van der Waals surface area contributed by atoms with Gasteiger partial charge in [-0.1, -0.05) is 17.7 Å². The first-order valence-electron chi connectivity index (χ1n) is 4.86. The number of benzene rings is 1. The molecule has 0 aliphatic heterocycles. The van der Waals surface area contributed by atoms with Crippen molar-refractivity contribution in [3.05, 3.63) is 29.3 Å². The Bertz CT molecular complexity index is 525. The monoisotopic (exact) mass is 258 g/mol. The van der Waals surface area contributed by atoms with Crippen LogP contribution in [0.4, 0.5) is 0 Å². The van der Waals surface area contributed by atoms with Crippen LogP contribution in [0.2, 0.25) is 0 Å². The second kappa shape index (κ2) is 5.26. The molecule has 1 amide bonds. The van der Waals surface area contributed by atoms with Crippen LogP contribution in [0.5, 0.6) is 0 Å². The second-order valence-corrected chi connectivity index (χ2v) is 5.36. The quantitative estimate of drug-likeness (QED) is 0.526. The topological polar surface area (TPSA) is 95.5 Å². The summed E-state index contributed by atoms with van der Waals surface area (Å²) in [7, 11) is -3.73. The van der Waals surface area contributed by atoms with E-state index in [0.29, 0.717) is 5.56 Å². The number of aryl methyl sites for hydroxylation is 2. The van der Waals surface area contributed by atoms with E-state index in [1.807, 2.05) is 6.92 Å². The molecule has 1 rings (SSSR count). The van der Waals surface area contributed by atoms with Crippen LogP contribution >= 0.6 is 0 Å². The molecule has 0 unspecified atom stereocenters. The molecular formula is C10H14N2O4S.